The van der Waals surface area contributed by atoms with Crippen molar-refractivity contribution in [3.63, 3.8) is 0 Å². The first-order valence-corrected chi connectivity index (χ1v) is 25.7. The van der Waals surface area contributed by atoms with Gasteiger partial charge >= 0.3 is 6.09 Å². The molecule has 1 saturated heterocycles. The van der Waals surface area contributed by atoms with E-state index in [1.807, 2.05) is 49.4 Å². The van der Waals surface area contributed by atoms with Crippen LogP contribution in [-0.2, 0) is 25.6 Å². The van der Waals surface area contributed by atoms with Gasteiger partial charge in [0.2, 0.25) is 23.6 Å². The summed E-state index contributed by atoms with van der Waals surface area (Å²) in [5, 5.41) is 23.2. The van der Waals surface area contributed by atoms with Gasteiger partial charge in [0.25, 0.3) is 0 Å². The molecule has 2 fully saturated rings. The van der Waals surface area contributed by atoms with Crippen LogP contribution in [-0.4, -0.2) is 106 Å². The maximum Gasteiger partial charge on any atom is 0.407 e. The molecular weight excluding hydrogens is 957 g/mol. The molecule has 2 heterocycles. The van der Waals surface area contributed by atoms with Crippen molar-refractivity contribution in [2.75, 3.05) is 32.6 Å². The standard InChI is InChI=1S/C53H69BrN8O8/c1-32(37-21-15-22-38(54)27-37)55-49-41-29-45(69-5)46(30-43(41)56-34(3)57-49)70-26-14-7-6-11-25-47(63)58-39-28-44(51(65)59-42-24-16-20-35-17-12-13-23-40(35)42)62(31-39)52(66)48(36-18-9-8-10-19-36)60-50(64)33(2)61(4)53(67)68/h12-13,15,17,21-23,27,29-30,32-33,36,39,42,44,48H,6-11,14,16,18-20,24-26,28,31H2,1-5H3,(H,58,63)(H,59,65)(H,60,64)(H,67,68)(H,55,56,57)/t32-,33+,39+,42-,44+,48+/m1/s1. The Morgan fingerprint density at radius 2 is 1.67 bits per heavy atom. The van der Waals surface area contributed by atoms with Crippen molar-refractivity contribution in [1.82, 2.24) is 35.7 Å². The molecule has 0 unspecified atom stereocenters. The lowest BCUT2D eigenvalue weighted by molar-refractivity contribution is -0.143. The summed E-state index contributed by atoms with van der Waals surface area (Å²) in [6.07, 6.45) is 9.16. The number of benzene rings is 3. The number of aromatic nitrogens is 2. The number of likely N-dealkylation sites (N-methyl/N-ethyl adjacent to an activating group) is 1. The number of unbranched alkanes of at least 4 members (excludes halogenated alkanes) is 3. The Bertz CT molecular complexity index is 2500. The number of nitrogens with one attached hydrogen (secondary N) is 4. The number of carboxylic acid groups (broad SMARTS) is 1. The molecule has 1 saturated carbocycles. The zero-order valence-corrected chi connectivity index (χ0v) is 42.7. The van der Waals surface area contributed by atoms with E-state index in [1.54, 1.807) is 12.0 Å². The predicted molar refractivity (Wildman–Crippen MR) is 272 cm³/mol. The number of carbonyl (C=O) groups is 5. The molecule has 7 rings (SSSR count). The highest BCUT2D eigenvalue weighted by Crippen LogP contribution is 2.37. The fraction of sp³-hybridized carbons (Fsp3) is 0.528. The number of anilines is 1. The molecule has 4 aromatic rings. The van der Waals surface area contributed by atoms with Crippen LogP contribution in [0.5, 0.6) is 11.5 Å². The third kappa shape index (κ3) is 13.1. The molecule has 6 atom stereocenters. The van der Waals surface area contributed by atoms with Crippen molar-refractivity contribution in [3.05, 3.63) is 87.7 Å². The number of rotatable bonds is 20. The van der Waals surface area contributed by atoms with Crippen LogP contribution in [0.15, 0.2) is 65.1 Å². The number of nitrogens with zero attached hydrogens (tertiary/aromatic N) is 4. The predicted octanol–water partition coefficient (Wildman–Crippen LogP) is 8.55. The lowest BCUT2D eigenvalue weighted by Crippen LogP contribution is -2.59. The molecule has 1 aliphatic heterocycles. The van der Waals surface area contributed by atoms with Gasteiger partial charge in [-0.2, -0.15) is 0 Å². The quantitative estimate of drug-likeness (QED) is 0.0531. The second kappa shape index (κ2) is 24.2. The number of ether oxygens (including phenoxy) is 2. The molecule has 3 aromatic carbocycles. The lowest BCUT2D eigenvalue weighted by atomic mass is 9.83. The average Bonchev–Trinajstić information content (AvgIpc) is 3.78. The van der Waals surface area contributed by atoms with Crippen LogP contribution in [0.4, 0.5) is 10.6 Å². The summed E-state index contributed by atoms with van der Waals surface area (Å²) in [5.74, 6) is 0.908. The van der Waals surface area contributed by atoms with E-state index in [0.717, 1.165) is 102 Å². The third-order valence-corrected chi connectivity index (χ3v) is 14.7. The maximum atomic E-state index is 14.8. The Balaban J connectivity index is 0.946. The monoisotopic (exact) mass is 1020 g/mol. The molecule has 0 radical (unpaired) electrons. The van der Waals surface area contributed by atoms with Gasteiger partial charge in [-0.3, -0.25) is 24.1 Å². The van der Waals surface area contributed by atoms with E-state index in [-0.39, 0.29) is 55.1 Å². The Kier molecular flexibility index (Phi) is 18.0. The maximum absolute atomic E-state index is 14.8. The van der Waals surface area contributed by atoms with Gasteiger partial charge in [-0.15, -0.1) is 0 Å². The van der Waals surface area contributed by atoms with Gasteiger partial charge in [-0.25, -0.2) is 14.8 Å². The van der Waals surface area contributed by atoms with E-state index >= 15 is 0 Å². The number of carbonyl (C=O) groups excluding carboxylic acids is 4. The highest BCUT2D eigenvalue weighted by atomic mass is 79.9. The van der Waals surface area contributed by atoms with Crippen molar-refractivity contribution >= 4 is 62.4 Å². The first-order valence-electron chi connectivity index (χ1n) is 25.0. The number of hydrogen-bond donors (Lipinski definition) is 5. The highest BCUT2D eigenvalue weighted by molar-refractivity contribution is 9.10. The van der Waals surface area contributed by atoms with Crippen LogP contribution in [0.3, 0.4) is 0 Å². The van der Waals surface area contributed by atoms with Crippen molar-refractivity contribution in [2.24, 2.45) is 5.92 Å². The Hall–Kier alpha value is -5.97. The van der Waals surface area contributed by atoms with Gasteiger partial charge in [-0.1, -0.05) is 84.4 Å². The number of methoxy groups -OCH3 is 1. The Morgan fingerprint density at radius 1 is 0.900 bits per heavy atom. The highest BCUT2D eigenvalue weighted by Gasteiger charge is 2.45. The number of hydrogen-bond acceptors (Lipinski definition) is 10. The lowest BCUT2D eigenvalue weighted by Gasteiger charge is -2.36. The number of aryl methyl sites for hydroxylation is 2. The third-order valence-electron chi connectivity index (χ3n) is 14.2. The summed E-state index contributed by atoms with van der Waals surface area (Å²) in [6.45, 7) is 5.99. The van der Waals surface area contributed by atoms with Crippen LogP contribution < -0.4 is 30.7 Å². The van der Waals surface area contributed by atoms with E-state index < -0.39 is 36.2 Å². The zero-order chi connectivity index (χ0) is 49.9. The average molecular weight is 1030 g/mol. The van der Waals surface area contributed by atoms with E-state index in [2.05, 4.69) is 62.3 Å². The molecule has 17 heteroatoms. The summed E-state index contributed by atoms with van der Waals surface area (Å²) in [6, 6.07) is 16.5. The Labute approximate surface area is 419 Å². The van der Waals surface area contributed by atoms with Crippen molar-refractivity contribution in [2.45, 2.75) is 147 Å². The molecule has 1 aromatic heterocycles. The fourth-order valence-electron chi connectivity index (χ4n) is 10.2. The molecule has 16 nitrogen and oxygen atoms in total. The molecule has 5 N–H and O–H groups in total. The van der Waals surface area contributed by atoms with Crippen molar-refractivity contribution < 1.29 is 38.6 Å². The van der Waals surface area contributed by atoms with Crippen LogP contribution in [0, 0.1) is 12.8 Å². The number of amides is 5. The minimum atomic E-state index is -1.26. The molecule has 70 heavy (non-hydrogen) atoms. The van der Waals surface area contributed by atoms with E-state index in [9.17, 15) is 29.1 Å². The topological polar surface area (TPSA) is 204 Å². The normalized spacial score (nSPS) is 19.3. The molecule has 2 aliphatic carbocycles. The van der Waals surface area contributed by atoms with Crippen LogP contribution >= 0.6 is 15.9 Å². The van der Waals surface area contributed by atoms with Gasteiger partial charge in [0.1, 0.15) is 29.8 Å². The first kappa shape index (κ1) is 51.9. The van der Waals surface area contributed by atoms with Gasteiger partial charge in [0.05, 0.1) is 31.3 Å². The Morgan fingerprint density at radius 3 is 2.43 bits per heavy atom. The first-order chi connectivity index (χ1) is 33.7. The van der Waals surface area contributed by atoms with E-state index in [4.69, 9.17) is 19.4 Å². The number of fused-ring (bicyclic) bond motifs is 2. The van der Waals surface area contributed by atoms with E-state index in [1.165, 1.54) is 19.5 Å². The molecule has 0 spiro atoms. The van der Waals surface area contributed by atoms with Crippen LogP contribution in [0.25, 0.3) is 10.9 Å². The molecular formula is C53H69BrN8O8. The number of likely N-dealkylation sites (tertiary alicyclic amines) is 1. The summed E-state index contributed by atoms with van der Waals surface area (Å²) < 4.78 is 13.0. The van der Waals surface area contributed by atoms with Gasteiger partial charge in [-0.05, 0) is 113 Å². The molecule has 3 aliphatic rings. The SMILES string of the molecule is COc1cc2c(N[C@H](C)c3cccc(Br)c3)nc(C)nc2cc1OCCCCCCC(=O)N[C@H]1C[C@@H](C(=O)N[C@@H]2CCCc3ccccc32)N(C(=O)[C@@H](NC(=O)[C@H](C)N(C)C(=O)O)C2CCCCC2)C1. The summed E-state index contributed by atoms with van der Waals surface area (Å²) in [4.78, 5) is 79.8. The van der Waals surface area contributed by atoms with E-state index in [0.29, 0.717) is 36.2 Å². The molecule has 0 bridgehead atoms. The largest absolute Gasteiger partial charge is 0.493 e. The van der Waals surface area contributed by atoms with Crippen LogP contribution in [0.1, 0.15) is 132 Å². The second-order valence-corrected chi connectivity index (χ2v) is 20.1. The minimum absolute atomic E-state index is 0.0132. The zero-order valence-electron chi connectivity index (χ0n) is 41.1. The van der Waals surface area contributed by atoms with Crippen molar-refractivity contribution in [1.29, 1.82) is 0 Å². The van der Waals surface area contributed by atoms with Crippen molar-refractivity contribution in [3.8, 4) is 11.5 Å². The molecule has 376 valence electrons. The fourth-order valence-corrected chi connectivity index (χ4v) is 10.6. The number of halogens is 1. The summed E-state index contributed by atoms with van der Waals surface area (Å²) in [5.41, 5.74) is 4.11. The summed E-state index contributed by atoms with van der Waals surface area (Å²) >= 11 is 3.56. The second-order valence-electron chi connectivity index (χ2n) is 19.2. The van der Waals surface area contributed by atoms with Gasteiger partial charge in [0, 0.05) is 42.0 Å². The summed E-state index contributed by atoms with van der Waals surface area (Å²) in [7, 11) is 2.93. The smallest absolute Gasteiger partial charge is 0.407 e. The van der Waals surface area contributed by atoms with Crippen LogP contribution in [0.2, 0.25) is 0 Å². The molecule has 5 amide bonds. The van der Waals surface area contributed by atoms with Gasteiger partial charge < -0.3 is 40.7 Å². The van der Waals surface area contributed by atoms with Gasteiger partial charge in [0.15, 0.2) is 11.5 Å². The minimum Gasteiger partial charge on any atom is -0.493 e.